The van der Waals surface area contributed by atoms with Gasteiger partial charge >= 0.3 is 24.1 Å². The van der Waals surface area contributed by atoms with Gasteiger partial charge in [0.25, 0.3) is 0 Å². The van der Waals surface area contributed by atoms with Gasteiger partial charge in [0.1, 0.15) is 24.3 Å². The maximum Gasteiger partial charge on any atom is 0.408 e. The molecule has 0 aliphatic heterocycles. The Kier molecular flexibility index (Phi) is 9.14. The average Bonchev–Trinajstić information content (AvgIpc) is 3.58. The zero-order valence-electron chi connectivity index (χ0n) is 27.3. The molecule has 0 unspecified atom stereocenters. The van der Waals surface area contributed by atoms with Crippen molar-refractivity contribution < 1.29 is 38.9 Å². The van der Waals surface area contributed by atoms with Crippen LogP contribution < -0.4 is 10.6 Å². The standard InChI is InChI=1S/C39H38N2O8/c1-38(34(42)43,40-36(46)48-22-32-28-16-7-3-12-24(28)25-13-4-8-17-29(25)32)20-11-21-39(2,35(44)45)41-37(47)49-23-33-30-18-9-5-14-26(30)27-15-6-10-19-31(27)33/h3-10,12-19,32-33H,11,20-23H2,1-2H3,(H,40,46)(H,41,47)(H,42,43)(H,44,45)/t38-,39-/m0/s1. The lowest BCUT2D eigenvalue weighted by atomic mass is 9.89. The molecule has 0 heterocycles. The van der Waals surface area contributed by atoms with E-state index >= 15 is 0 Å². The van der Waals surface area contributed by atoms with Crippen LogP contribution in [0.25, 0.3) is 22.3 Å². The van der Waals surface area contributed by atoms with E-state index in [4.69, 9.17) is 9.47 Å². The second-order valence-corrected chi connectivity index (χ2v) is 13.0. The Balaban J connectivity index is 1.04. The summed E-state index contributed by atoms with van der Waals surface area (Å²) in [5.41, 5.74) is 4.84. The molecule has 49 heavy (non-hydrogen) atoms. The molecule has 2 amide bonds. The summed E-state index contributed by atoms with van der Waals surface area (Å²) in [6, 6.07) is 31.5. The van der Waals surface area contributed by atoms with Crippen molar-refractivity contribution in [3.63, 3.8) is 0 Å². The molecule has 0 spiro atoms. The number of hydrogen-bond donors (Lipinski definition) is 4. The number of carboxylic acid groups (broad SMARTS) is 2. The van der Waals surface area contributed by atoms with Gasteiger partial charge in [0.2, 0.25) is 0 Å². The summed E-state index contributed by atoms with van der Waals surface area (Å²) in [5, 5.41) is 25.0. The highest BCUT2D eigenvalue weighted by Gasteiger charge is 2.40. The Hall–Kier alpha value is -5.64. The number of benzene rings is 4. The van der Waals surface area contributed by atoms with Gasteiger partial charge < -0.3 is 30.3 Å². The molecule has 0 aromatic heterocycles. The number of nitrogens with one attached hydrogen (secondary N) is 2. The van der Waals surface area contributed by atoms with E-state index in [9.17, 15) is 29.4 Å². The van der Waals surface area contributed by atoms with Crippen molar-refractivity contribution in [2.45, 2.75) is 56.0 Å². The second kappa shape index (κ2) is 13.5. The van der Waals surface area contributed by atoms with Gasteiger partial charge in [-0.3, -0.25) is 0 Å². The minimum atomic E-state index is -1.76. The second-order valence-electron chi connectivity index (χ2n) is 13.0. The predicted molar refractivity (Wildman–Crippen MR) is 182 cm³/mol. The fraction of sp³-hybridized carbons (Fsp3) is 0.282. The summed E-state index contributed by atoms with van der Waals surface area (Å²) in [5.74, 6) is -3.01. The molecule has 4 N–H and O–H groups in total. The Morgan fingerprint density at radius 2 is 0.837 bits per heavy atom. The molecule has 10 nitrogen and oxygen atoms in total. The van der Waals surface area contributed by atoms with Gasteiger partial charge in [-0.2, -0.15) is 0 Å². The van der Waals surface area contributed by atoms with Crippen molar-refractivity contribution in [1.82, 2.24) is 10.6 Å². The van der Waals surface area contributed by atoms with Crippen LogP contribution in [0.1, 0.15) is 67.2 Å². The first kappa shape index (κ1) is 33.3. The predicted octanol–water partition coefficient (Wildman–Crippen LogP) is 6.92. The summed E-state index contributed by atoms with van der Waals surface area (Å²) < 4.78 is 11.1. The minimum Gasteiger partial charge on any atom is -0.480 e. The van der Waals surface area contributed by atoms with Crippen molar-refractivity contribution in [3.05, 3.63) is 119 Å². The van der Waals surface area contributed by atoms with E-state index in [-0.39, 0.29) is 44.3 Å². The molecule has 0 bridgehead atoms. The van der Waals surface area contributed by atoms with Gasteiger partial charge in [0.05, 0.1) is 0 Å². The summed E-state index contributed by atoms with van der Waals surface area (Å²) in [7, 11) is 0. The number of hydrogen-bond acceptors (Lipinski definition) is 6. The molecule has 4 aromatic rings. The molecular weight excluding hydrogens is 624 g/mol. The summed E-state index contributed by atoms with van der Waals surface area (Å²) >= 11 is 0. The molecule has 0 saturated heterocycles. The van der Waals surface area contributed by atoms with Crippen LogP contribution in [0, 0.1) is 0 Å². The number of alkyl carbamates (subject to hydrolysis) is 2. The van der Waals surface area contributed by atoms with Crippen LogP contribution in [0.4, 0.5) is 9.59 Å². The first-order valence-electron chi connectivity index (χ1n) is 16.2. The smallest absolute Gasteiger partial charge is 0.408 e. The lowest BCUT2D eigenvalue weighted by Crippen LogP contribution is -2.54. The highest BCUT2D eigenvalue weighted by atomic mass is 16.6. The monoisotopic (exact) mass is 662 g/mol. The van der Waals surface area contributed by atoms with Gasteiger partial charge in [-0.15, -0.1) is 0 Å². The van der Waals surface area contributed by atoms with Crippen molar-refractivity contribution in [2.75, 3.05) is 13.2 Å². The fourth-order valence-corrected chi connectivity index (χ4v) is 6.96. The van der Waals surface area contributed by atoms with E-state index in [1.54, 1.807) is 0 Å². The Morgan fingerprint density at radius 3 is 1.12 bits per heavy atom. The molecule has 6 rings (SSSR count). The first-order valence-corrected chi connectivity index (χ1v) is 16.2. The topological polar surface area (TPSA) is 151 Å². The van der Waals surface area contributed by atoms with Crippen LogP contribution in [0.3, 0.4) is 0 Å². The zero-order chi connectivity index (χ0) is 34.8. The van der Waals surface area contributed by atoms with Gasteiger partial charge in [0.15, 0.2) is 0 Å². The third-order valence-electron chi connectivity index (χ3n) is 9.74. The molecule has 2 atom stereocenters. The third-order valence-corrected chi connectivity index (χ3v) is 9.74. The maximum absolute atomic E-state index is 12.9. The molecule has 2 aliphatic rings. The van der Waals surface area contributed by atoms with Crippen LogP contribution in [0.2, 0.25) is 0 Å². The maximum atomic E-state index is 12.9. The molecule has 0 saturated carbocycles. The fourth-order valence-electron chi connectivity index (χ4n) is 6.96. The van der Waals surface area contributed by atoms with Crippen molar-refractivity contribution in [1.29, 1.82) is 0 Å². The lowest BCUT2D eigenvalue weighted by Gasteiger charge is -2.30. The highest BCUT2D eigenvalue weighted by Crippen LogP contribution is 2.45. The van der Waals surface area contributed by atoms with Crippen LogP contribution in [-0.2, 0) is 19.1 Å². The minimum absolute atomic E-state index is 0.0106. The number of carbonyl (C=O) groups excluding carboxylic acids is 2. The number of ether oxygens (including phenoxy) is 2. The van der Waals surface area contributed by atoms with Crippen molar-refractivity contribution in [3.8, 4) is 22.3 Å². The number of carbonyl (C=O) groups is 4. The van der Waals surface area contributed by atoms with Gasteiger partial charge in [-0.1, -0.05) is 97.1 Å². The van der Waals surface area contributed by atoms with Crippen LogP contribution in [0.15, 0.2) is 97.1 Å². The molecule has 0 radical (unpaired) electrons. The van der Waals surface area contributed by atoms with E-state index in [2.05, 4.69) is 10.6 Å². The summed E-state index contributed by atoms with van der Waals surface area (Å²) in [6.45, 7) is 2.70. The number of fused-ring (bicyclic) bond motifs is 6. The van der Waals surface area contributed by atoms with Gasteiger partial charge in [-0.25, -0.2) is 19.2 Å². The summed E-state index contributed by atoms with van der Waals surface area (Å²) in [6.07, 6.45) is -2.00. The summed E-state index contributed by atoms with van der Waals surface area (Å²) in [4.78, 5) is 50.5. The number of rotatable bonds is 12. The van der Waals surface area contributed by atoms with E-state index in [0.717, 1.165) is 44.5 Å². The number of carboxylic acids is 2. The normalized spacial score (nSPS) is 15.4. The molecular formula is C39H38N2O8. The van der Waals surface area contributed by atoms with E-state index in [1.807, 2.05) is 97.1 Å². The van der Waals surface area contributed by atoms with Gasteiger partial charge in [-0.05, 0) is 77.6 Å². The Bertz CT molecular complexity index is 1700. The van der Waals surface area contributed by atoms with E-state index < -0.39 is 35.2 Å². The Labute approximate surface area is 284 Å². The first-order chi connectivity index (χ1) is 23.5. The quantitative estimate of drug-likeness (QED) is 0.128. The molecule has 2 aliphatic carbocycles. The van der Waals surface area contributed by atoms with E-state index in [0.29, 0.717) is 0 Å². The Morgan fingerprint density at radius 1 is 0.551 bits per heavy atom. The lowest BCUT2D eigenvalue weighted by molar-refractivity contribution is -0.144. The third kappa shape index (κ3) is 6.59. The highest BCUT2D eigenvalue weighted by molar-refractivity contribution is 5.85. The van der Waals surface area contributed by atoms with Crippen molar-refractivity contribution in [2.24, 2.45) is 0 Å². The molecule has 10 heteroatoms. The molecule has 252 valence electrons. The largest absolute Gasteiger partial charge is 0.480 e. The van der Waals surface area contributed by atoms with Crippen molar-refractivity contribution >= 4 is 24.1 Å². The molecule has 4 aromatic carbocycles. The van der Waals surface area contributed by atoms with Crippen LogP contribution in [-0.4, -0.2) is 58.6 Å². The average molecular weight is 663 g/mol. The number of aliphatic carboxylic acids is 2. The van der Waals surface area contributed by atoms with E-state index in [1.165, 1.54) is 13.8 Å². The van der Waals surface area contributed by atoms with Crippen LogP contribution in [0.5, 0.6) is 0 Å². The molecule has 0 fully saturated rings. The SMILES string of the molecule is C[C@@](CCC[C@](C)(NC(=O)OCC1c2ccccc2-c2ccccc21)C(=O)O)(NC(=O)OCC1c2ccccc2-c2ccccc21)C(=O)O. The van der Waals surface area contributed by atoms with Crippen LogP contribution >= 0.6 is 0 Å². The van der Waals surface area contributed by atoms with Gasteiger partial charge in [0, 0.05) is 11.8 Å². The zero-order valence-corrected chi connectivity index (χ0v) is 27.3. The number of amides is 2.